The summed E-state index contributed by atoms with van der Waals surface area (Å²) in [7, 11) is -1.74. The number of carbonyl (C=O) groups excluding carboxylic acids is 3. The summed E-state index contributed by atoms with van der Waals surface area (Å²) in [6, 6.07) is 1.37. The summed E-state index contributed by atoms with van der Waals surface area (Å²) in [4.78, 5) is 49.7. The number of rotatable bonds is 5. The van der Waals surface area contributed by atoms with Crippen molar-refractivity contribution in [3.05, 3.63) is 58.7 Å². The molecule has 2 aliphatic rings. The van der Waals surface area contributed by atoms with Crippen LogP contribution in [0.15, 0.2) is 30.3 Å². The average Bonchev–Trinajstić information content (AvgIpc) is 3.23. The highest BCUT2D eigenvalue weighted by Crippen LogP contribution is 2.31. The topological polar surface area (TPSA) is 178 Å². The summed E-state index contributed by atoms with van der Waals surface area (Å²) in [6.07, 6.45) is -0.112. The molecule has 0 radical (unpaired) electrons. The highest BCUT2D eigenvalue weighted by molar-refractivity contribution is 6.47. The summed E-state index contributed by atoms with van der Waals surface area (Å²) in [6.45, 7) is 0.0752. The first-order valence-corrected chi connectivity index (χ1v) is 10.6. The summed E-state index contributed by atoms with van der Waals surface area (Å²) in [5.41, 5.74) is -0.793. The second-order valence-electron chi connectivity index (χ2n) is 8.02. The van der Waals surface area contributed by atoms with Crippen molar-refractivity contribution in [3.63, 3.8) is 0 Å². The van der Waals surface area contributed by atoms with Gasteiger partial charge in [-0.15, -0.1) is 0 Å². The van der Waals surface area contributed by atoms with Crippen LogP contribution in [0.4, 0.5) is 18.4 Å². The number of carbonyl (C=O) groups is 4. The molecule has 12 nitrogen and oxygen atoms in total. The molecule has 2 aromatic rings. The number of phenolic OH excluding ortho intramolecular Hbond substituents is 1. The van der Waals surface area contributed by atoms with Gasteiger partial charge in [0.2, 0.25) is 5.91 Å². The van der Waals surface area contributed by atoms with Gasteiger partial charge in [-0.1, -0.05) is 12.1 Å². The van der Waals surface area contributed by atoms with Gasteiger partial charge in [-0.2, -0.15) is 0 Å². The normalized spacial score (nSPS) is 17.5. The van der Waals surface area contributed by atoms with Crippen molar-refractivity contribution < 1.29 is 47.9 Å². The smallest absolute Gasteiger partial charge is 0.534 e. The molecule has 6 N–H and O–H groups in total. The molecule has 1 saturated heterocycles. The number of nitrogens with one attached hydrogen (secondary N) is 3. The Morgan fingerprint density at radius 2 is 1.92 bits per heavy atom. The Kier molecular flexibility index (Phi) is 6.66. The van der Waals surface area contributed by atoms with Crippen LogP contribution in [-0.4, -0.2) is 70.2 Å². The van der Waals surface area contributed by atoms with Gasteiger partial charge in [0.1, 0.15) is 29.2 Å². The minimum atomic E-state index is -2.02. The summed E-state index contributed by atoms with van der Waals surface area (Å²) in [5.74, 6) is -7.23. The third-order valence-corrected chi connectivity index (χ3v) is 5.66. The Hall–Kier alpha value is -4.40. The molecule has 15 heteroatoms. The van der Waals surface area contributed by atoms with Crippen LogP contribution in [0.1, 0.15) is 27.5 Å². The highest BCUT2D eigenvalue weighted by atomic mass is 19.1. The monoisotopic (exact) mass is 504 g/mol. The Morgan fingerprint density at radius 3 is 2.53 bits per heavy atom. The minimum Gasteiger partial charge on any atom is -0.534 e. The third kappa shape index (κ3) is 4.72. The van der Waals surface area contributed by atoms with E-state index in [-0.39, 0.29) is 30.8 Å². The van der Waals surface area contributed by atoms with Crippen LogP contribution >= 0.6 is 0 Å². The van der Waals surface area contributed by atoms with Crippen molar-refractivity contribution in [2.75, 3.05) is 13.1 Å². The van der Waals surface area contributed by atoms with Crippen molar-refractivity contribution >= 4 is 31.1 Å². The molecular weight excluding hydrogens is 485 g/mol. The van der Waals surface area contributed by atoms with E-state index in [1.54, 1.807) is 0 Å². The first-order chi connectivity index (χ1) is 17.1. The Labute approximate surface area is 202 Å². The van der Waals surface area contributed by atoms with Crippen molar-refractivity contribution in [1.29, 1.82) is 0 Å². The molecular formula is C21H19BF2N4O8. The number of fused-ring (bicyclic) bond motifs is 1. The largest absolute Gasteiger partial charge is 0.547 e. The van der Waals surface area contributed by atoms with Crippen LogP contribution in [0, 0.1) is 11.6 Å². The van der Waals surface area contributed by atoms with Crippen LogP contribution in [0.3, 0.4) is 0 Å². The van der Waals surface area contributed by atoms with Crippen LogP contribution < -0.4 is 20.6 Å². The van der Waals surface area contributed by atoms with Crippen molar-refractivity contribution in [1.82, 2.24) is 20.9 Å². The van der Waals surface area contributed by atoms with E-state index in [0.29, 0.717) is 22.6 Å². The Balaban J connectivity index is 1.62. The average molecular weight is 504 g/mol. The number of carboxylic acid groups (broad SMARTS) is 1. The molecule has 1 fully saturated rings. The quantitative estimate of drug-likeness (QED) is 0.315. The Morgan fingerprint density at radius 1 is 1.22 bits per heavy atom. The maximum atomic E-state index is 14.6. The van der Waals surface area contributed by atoms with E-state index < -0.39 is 66.0 Å². The standard InChI is InChI=1S/C21H19BF2N4O8/c23-12-7-10(29)8-13(24)15(12)16(27-21(34)28-5-4-25-20(28)33)18(30)26-14-6-9-2-1-3-11(19(31)32)17(9)36-22(14)35/h1-3,7-8,14,16,29,35H,4-6H2,(H,25,33)(H,26,30)(H,27,34)(H,31,32)/t14-,16?/m0/s1. The first kappa shape index (κ1) is 24.7. The fourth-order valence-corrected chi connectivity index (χ4v) is 3.96. The molecule has 0 aromatic heterocycles. The van der Waals surface area contributed by atoms with Crippen molar-refractivity contribution in [2.45, 2.75) is 18.4 Å². The molecule has 36 heavy (non-hydrogen) atoms. The van der Waals surface area contributed by atoms with Crippen molar-refractivity contribution in [3.8, 4) is 11.5 Å². The van der Waals surface area contributed by atoms with E-state index in [4.69, 9.17) is 4.65 Å². The number of aromatic hydroxyl groups is 1. The molecule has 2 heterocycles. The molecule has 1 unspecified atom stereocenters. The maximum absolute atomic E-state index is 14.6. The third-order valence-electron chi connectivity index (χ3n) is 5.66. The number of para-hydroxylation sites is 1. The second kappa shape index (κ2) is 9.69. The summed E-state index contributed by atoms with van der Waals surface area (Å²) in [5, 5.41) is 36.0. The maximum Gasteiger partial charge on any atom is 0.547 e. The number of hydrogen-bond acceptors (Lipinski definition) is 7. The zero-order valence-corrected chi connectivity index (χ0v) is 18.3. The molecule has 0 aliphatic carbocycles. The Bertz CT molecular complexity index is 1240. The van der Waals surface area contributed by atoms with Gasteiger partial charge < -0.3 is 35.8 Å². The molecule has 0 spiro atoms. The number of carboxylic acids is 1. The zero-order valence-electron chi connectivity index (χ0n) is 18.3. The minimum absolute atomic E-state index is 0.0581. The number of aromatic carboxylic acids is 1. The van der Waals surface area contributed by atoms with E-state index in [2.05, 4.69) is 16.0 Å². The molecule has 2 atom stereocenters. The van der Waals surface area contributed by atoms with Crippen LogP contribution in [0.5, 0.6) is 11.5 Å². The SMILES string of the molecule is O=C(O)c1cccc2c1OB(O)[C@@H](NC(=O)C(NC(=O)N1CCNC1=O)c1c(F)cc(O)cc1F)C2. The predicted octanol–water partition coefficient (Wildman–Crippen LogP) is 0.284. The predicted molar refractivity (Wildman–Crippen MR) is 117 cm³/mol. The fourth-order valence-electron chi connectivity index (χ4n) is 3.96. The molecule has 0 saturated carbocycles. The number of halogens is 2. The molecule has 5 amide bonds. The van der Waals surface area contributed by atoms with Gasteiger partial charge in [-0.3, -0.25) is 4.79 Å². The lowest BCUT2D eigenvalue weighted by Gasteiger charge is -2.30. The first-order valence-electron chi connectivity index (χ1n) is 10.6. The molecule has 2 aliphatic heterocycles. The number of nitrogens with zero attached hydrogens (tertiary/aromatic N) is 1. The van der Waals surface area contributed by atoms with E-state index in [1.807, 2.05) is 0 Å². The van der Waals surface area contributed by atoms with Crippen LogP contribution in [0.25, 0.3) is 0 Å². The van der Waals surface area contributed by atoms with Crippen molar-refractivity contribution in [2.24, 2.45) is 0 Å². The number of imide groups is 1. The number of hydrogen-bond donors (Lipinski definition) is 6. The second-order valence-corrected chi connectivity index (χ2v) is 8.02. The number of amides is 5. The zero-order chi connectivity index (χ0) is 26.1. The van der Waals surface area contributed by atoms with E-state index in [1.165, 1.54) is 18.2 Å². The summed E-state index contributed by atoms with van der Waals surface area (Å²) < 4.78 is 34.6. The van der Waals surface area contributed by atoms with Gasteiger partial charge in [-0.25, -0.2) is 28.1 Å². The molecule has 188 valence electrons. The lowest BCUT2D eigenvalue weighted by molar-refractivity contribution is -0.123. The van der Waals surface area contributed by atoms with E-state index >= 15 is 0 Å². The van der Waals surface area contributed by atoms with Crippen LogP contribution in [0.2, 0.25) is 0 Å². The number of phenols is 1. The van der Waals surface area contributed by atoms with Gasteiger partial charge >= 0.3 is 25.1 Å². The van der Waals surface area contributed by atoms with Gasteiger partial charge in [-0.05, 0) is 18.1 Å². The lowest BCUT2D eigenvalue weighted by Crippen LogP contribution is -2.56. The van der Waals surface area contributed by atoms with E-state index in [0.717, 1.165) is 0 Å². The van der Waals surface area contributed by atoms with Gasteiger partial charge in [0.15, 0.2) is 0 Å². The van der Waals surface area contributed by atoms with Gasteiger partial charge in [0, 0.05) is 25.2 Å². The van der Waals surface area contributed by atoms with Crippen LogP contribution in [-0.2, 0) is 11.2 Å². The fraction of sp³-hybridized carbons (Fsp3) is 0.238. The number of benzene rings is 2. The van der Waals surface area contributed by atoms with Gasteiger partial charge in [0.05, 0.1) is 17.1 Å². The molecule has 2 aromatic carbocycles. The summed E-state index contributed by atoms with van der Waals surface area (Å²) >= 11 is 0. The molecule has 0 bridgehead atoms. The van der Waals surface area contributed by atoms with Gasteiger partial charge in [0.25, 0.3) is 0 Å². The number of urea groups is 2. The van der Waals surface area contributed by atoms with E-state index in [9.17, 15) is 43.2 Å². The highest BCUT2D eigenvalue weighted by Gasteiger charge is 2.41. The lowest BCUT2D eigenvalue weighted by atomic mass is 9.72. The molecule has 4 rings (SSSR count).